The van der Waals surface area contributed by atoms with Crippen LogP contribution in [0.1, 0.15) is 30.6 Å². The molecule has 2 aromatic rings. The third kappa shape index (κ3) is 5.19. The zero-order valence-corrected chi connectivity index (χ0v) is 16.0. The van der Waals surface area contributed by atoms with Crippen molar-refractivity contribution in [1.29, 1.82) is 0 Å². The predicted octanol–water partition coefficient (Wildman–Crippen LogP) is 4.32. The van der Waals surface area contributed by atoms with E-state index in [-0.39, 0.29) is 21.5 Å². The number of nitrogens with one attached hydrogen (secondary N) is 2. The highest BCUT2D eigenvalue weighted by molar-refractivity contribution is 7.89. The second kappa shape index (κ2) is 8.19. The molecule has 0 spiro atoms. The zero-order chi connectivity index (χ0) is 18.6. The summed E-state index contributed by atoms with van der Waals surface area (Å²) >= 11 is 11.8. The maximum Gasteiger partial charge on any atom is 0.257 e. The molecule has 0 aliphatic rings. The van der Waals surface area contributed by atoms with Crippen LogP contribution in [0.2, 0.25) is 10.0 Å². The van der Waals surface area contributed by atoms with Gasteiger partial charge in [0.2, 0.25) is 10.0 Å². The Morgan fingerprint density at radius 3 is 2.32 bits per heavy atom. The minimum atomic E-state index is -3.58. The summed E-state index contributed by atoms with van der Waals surface area (Å²) in [7, 11) is -3.58. The van der Waals surface area contributed by atoms with E-state index in [1.165, 1.54) is 36.4 Å². The van der Waals surface area contributed by atoms with Gasteiger partial charge in [0, 0.05) is 16.8 Å². The van der Waals surface area contributed by atoms with E-state index in [1.807, 2.05) is 6.92 Å². The number of rotatable bonds is 6. The fourth-order valence-corrected chi connectivity index (χ4v) is 3.83. The maximum absolute atomic E-state index is 12.2. The van der Waals surface area contributed by atoms with Gasteiger partial charge in [-0.15, -0.1) is 0 Å². The molecule has 1 atom stereocenters. The van der Waals surface area contributed by atoms with Crippen molar-refractivity contribution >= 4 is 44.8 Å². The van der Waals surface area contributed by atoms with Gasteiger partial charge in [0.05, 0.1) is 15.5 Å². The minimum absolute atomic E-state index is 0.135. The number of hydrogen-bond acceptors (Lipinski definition) is 3. The average Bonchev–Trinajstić information content (AvgIpc) is 2.54. The summed E-state index contributed by atoms with van der Waals surface area (Å²) in [6.07, 6.45) is 0.690. The van der Waals surface area contributed by atoms with Crippen LogP contribution < -0.4 is 10.0 Å². The van der Waals surface area contributed by atoms with E-state index >= 15 is 0 Å². The Balaban J connectivity index is 2.13. The number of anilines is 1. The highest BCUT2D eigenvalue weighted by atomic mass is 35.5. The van der Waals surface area contributed by atoms with Crippen LogP contribution in [0, 0.1) is 0 Å². The van der Waals surface area contributed by atoms with Crippen LogP contribution in [0.25, 0.3) is 0 Å². The molecule has 0 saturated heterocycles. The van der Waals surface area contributed by atoms with Crippen molar-refractivity contribution in [2.75, 3.05) is 5.32 Å². The largest absolute Gasteiger partial charge is 0.322 e. The topological polar surface area (TPSA) is 75.3 Å². The average molecular weight is 401 g/mol. The molecule has 0 radical (unpaired) electrons. The number of sulfonamides is 1. The molecule has 0 bridgehead atoms. The Labute approximate surface area is 157 Å². The van der Waals surface area contributed by atoms with Crippen molar-refractivity contribution in [3.05, 3.63) is 58.1 Å². The van der Waals surface area contributed by atoms with Crippen molar-refractivity contribution in [2.45, 2.75) is 31.2 Å². The van der Waals surface area contributed by atoms with Gasteiger partial charge < -0.3 is 5.32 Å². The second-order valence-electron chi connectivity index (χ2n) is 5.53. The van der Waals surface area contributed by atoms with E-state index in [0.717, 1.165) is 0 Å². The summed E-state index contributed by atoms with van der Waals surface area (Å²) in [5.74, 6) is -0.407. The lowest BCUT2D eigenvalue weighted by Gasteiger charge is -2.12. The molecule has 2 N–H and O–H groups in total. The van der Waals surface area contributed by atoms with Crippen molar-refractivity contribution in [2.24, 2.45) is 0 Å². The van der Waals surface area contributed by atoms with Crippen LogP contribution in [0.5, 0.6) is 0 Å². The Hall–Kier alpha value is -1.60. The summed E-state index contributed by atoms with van der Waals surface area (Å²) in [6, 6.07) is 10.3. The Kier molecular flexibility index (Phi) is 6.46. The van der Waals surface area contributed by atoms with E-state index in [4.69, 9.17) is 23.2 Å². The Morgan fingerprint density at radius 1 is 1.12 bits per heavy atom. The minimum Gasteiger partial charge on any atom is -0.322 e. The van der Waals surface area contributed by atoms with Crippen molar-refractivity contribution < 1.29 is 13.2 Å². The molecule has 5 nitrogen and oxygen atoms in total. The lowest BCUT2D eigenvalue weighted by Crippen LogP contribution is -2.31. The van der Waals surface area contributed by atoms with Crippen LogP contribution in [-0.2, 0) is 10.0 Å². The van der Waals surface area contributed by atoms with Gasteiger partial charge in [0.1, 0.15) is 0 Å². The molecule has 0 aliphatic heterocycles. The number of amides is 1. The summed E-state index contributed by atoms with van der Waals surface area (Å²) in [4.78, 5) is 12.4. The van der Waals surface area contributed by atoms with Crippen molar-refractivity contribution in [1.82, 2.24) is 4.72 Å². The van der Waals surface area contributed by atoms with Crippen LogP contribution in [0.15, 0.2) is 47.4 Å². The first-order chi connectivity index (χ1) is 11.7. The van der Waals surface area contributed by atoms with Gasteiger partial charge in [-0.05, 0) is 55.8 Å². The summed E-state index contributed by atoms with van der Waals surface area (Å²) in [5.41, 5.74) is 0.736. The number of benzene rings is 2. The molecule has 1 unspecified atom stereocenters. The molecule has 0 aromatic heterocycles. The second-order valence-corrected chi connectivity index (χ2v) is 8.09. The molecule has 0 fully saturated rings. The van der Waals surface area contributed by atoms with E-state index in [1.54, 1.807) is 13.0 Å². The van der Waals surface area contributed by atoms with Gasteiger partial charge in [0.25, 0.3) is 5.91 Å². The fourth-order valence-electron chi connectivity index (χ4n) is 2.01. The SMILES string of the molecule is CCC(C)NS(=O)(=O)c1ccc(NC(=O)c2ccc(Cl)cc2Cl)cc1. The molecule has 134 valence electrons. The van der Waals surface area contributed by atoms with Crippen LogP contribution in [0.4, 0.5) is 5.69 Å². The van der Waals surface area contributed by atoms with Gasteiger partial charge >= 0.3 is 0 Å². The number of carbonyl (C=O) groups excluding carboxylic acids is 1. The molecule has 8 heteroatoms. The zero-order valence-electron chi connectivity index (χ0n) is 13.7. The normalized spacial score (nSPS) is 12.6. The van der Waals surface area contributed by atoms with Crippen LogP contribution >= 0.6 is 23.2 Å². The molecule has 25 heavy (non-hydrogen) atoms. The van der Waals surface area contributed by atoms with E-state index in [0.29, 0.717) is 17.1 Å². The number of hydrogen-bond donors (Lipinski definition) is 2. The van der Waals surface area contributed by atoms with Gasteiger partial charge in [-0.3, -0.25) is 4.79 Å². The summed E-state index contributed by atoms with van der Waals surface area (Å²) < 4.78 is 27.0. The number of halogens is 2. The Bertz CT molecular complexity index is 868. The quantitative estimate of drug-likeness (QED) is 0.757. The Morgan fingerprint density at radius 2 is 1.76 bits per heavy atom. The standard InChI is InChI=1S/C17H18Cl2N2O3S/c1-3-11(2)21-25(23,24)14-7-5-13(6-8-14)20-17(22)15-9-4-12(18)10-16(15)19/h4-11,21H,3H2,1-2H3,(H,20,22). The van der Waals surface area contributed by atoms with Crippen LogP contribution in [-0.4, -0.2) is 20.4 Å². The monoisotopic (exact) mass is 400 g/mol. The van der Waals surface area contributed by atoms with E-state index in [2.05, 4.69) is 10.0 Å². The predicted molar refractivity (Wildman–Crippen MR) is 101 cm³/mol. The summed E-state index contributed by atoms with van der Waals surface area (Å²) in [6.45, 7) is 3.69. The fraction of sp³-hybridized carbons (Fsp3) is 0.235. The molecular weight excluding hydrogens is 383 g/mol. The highest BCUT2D eigenvalue weighted by Crippen LogP contribution is 2.22. The maximum atomic E-state index is 12.2. The van der Waals surface area contributed by atoms with Gasteiger partial charge in [-0.25, -0.2) is 13.1 Å². The number of carbonyl (C=O) groups is 1. The van der Waals surface area contributed by atoms with E-state index < -0.39 is 15.9 Å². The lowest BCUT2D eigenvalue weighted by atomic mass is 10.2. The molecule has 0 aliphatic carbocycles. The third-order valence-corrected chi connectivity index (χ3v) is 5.72. The molecule has 2 rings (SSSR count). The molecule has 2 aromatic carbocycles. The smallest absolute Gasteiger partial charge is 0.257 e. The molecule has 0 saturated carbocycles. The first-order valence-corrected chi connectivity index (χ1v) is 9.85. The van der Waals surface area contributed by atoms with Crippen LogP contribution in [0.3, 0.4) is 0 Å². The van der Waals surface area contributed by atoms with Crippen molar-refractivity contribution in [3.8, 4) is 0 Å². The molecule has 0 heterocycles. The molecular formula is C17H18Cl2N2O3S. The third-order valence-electron chi connectivity index (χ3n) is 3.57. The first-order valence-electron chi connectivity index (χ1n) is 7.61. The van der Waals surface area contributed by atoms with Gasteiger partial charge in [0.15, 0.2) is 0 Å². The van der Waals surface area contributed by atoms with Gasteiger partial charge in [-0.1, -0.05) is 30.1 Å². The van der Waals surface area contributed by atoms with Gasteiger partial charge in [-0.2, -0.15) is 0 Å². The van der Waals surface area contributed by atoms with E-state index in [9.17, 15) is 13.2 Å². The summed E-state index contributed by atoms with van der Waals surface area (Å²) in [5, 5.41) is 3.34. The van der Waals surface area contributed by atoms with Crippen molar-refractivity contribution in [3.63, 3.8) is 0 Å². The molecule has 1 amide bonds. The first kappa shape index (κ1) is 19.7. The lowest BCUT2D eigenvalue weighted by molar-refractivity contribution is 0.102. The highest BCUT2D eigenvalue weighted by Gasteiger charge is 2.17.